The summed E-state index contributed by atoms with van der Waals surface area (Å²) < 4.78 is 21.1. The Morgan fingerprint density at radius 2 is 1.72 bits per heavy atom. The average molecular weight is 675 g/mol. The van der Waals surface area contributed by atoms with Crippen molar-refractivity contribution in [3.8, 4) is 0 Å². The van der Waals surface area contributed by atoms with Gasteiger partial charge < -0.3 is 30.9 Å². The first kappa shape index (κ1) is 36.8. The number of rotatable bonds is 17. The van der Waals surface area contributed by atoms with Gasteiger partial charge in [-0.1, -0.05) is 30.3 Å². The first-order valence-corrected chi connectivity index (χ1v) is 16.8. The molecule has 0 radical (unpaired) electrons. The highest BCUT2D eigenvalue weighted by atomic mass is 31.2. The molecule has 0 saturated carbocycles. The third-order valence-corrected chi connectivity index (χ3v) is 9.78. The standard InChI is InChI=1S/C30H39N6O10P/c1-3-46-47(45,19-31-28(40)20(2)32-26(37)15-16-27(38)39)35-17-7-10-25(35)30(42)34-24(18-21-8-5-4-6-9-21)29(41)33-22-11-13-23(14-12-22)36(43)44/h4-6,8-9,11-14,20,24-25H,3,7,10,15-19H2,1-2H3,(H,31,40)(H,32,37)(H,33,41)(H,34,42)(H,38,39)/t20-,24-,25-,47+/m0/s1. The van der Waals surface area contributed by atoms with E-state index in [1.54, 1.807) is 31.2 Å². The average Bonchev–Trinajstić information content (AvgIpc) is 3.54. The van der Waals surface area contributed by atoms with Crippen LogP contribution in [0.25, 0.3) is 0 Å². The molecule has 3 rings (SSSR count). The highest BCUT2D eigenvalue weighted by Crippen LogP contribution is 2.53. The van der Waals surface area contributed by atoms with Crippen LogP contribution < -0.4 is 21.3 Å². The number of carbonyl (C=O) groups excluding carboxylic acids is 4. The zero-order chi connectivity index (χ0) is 34.6. The second-order valence-corrected chi connectivity index (χ2v) is 13.2. The molecule has 5 N–H and O–H groups in total. The lowest BCUT2D eigenvalue weighted by Gasteiger charge is -2.32. The van der Waals surface area contributed by atoms with Gasteiger partial charge in [0.15, 0.2) is 0 Å². The van der Waals surface area contributed by atoms with Crippen LogP contribution in [0.2, 0.25) is 0 Å². The number of nitrogens with zero attached hydrogens (tertiary/aromatic N) is 2. The van der Waals surface area contributed by atoms with Crippen molar-refractivity contribution in [3.05, 3.63) is 70.3 Å². The summed E-state index contributed by atoms with van der Waals surface area (Å²) in [6, 6.07) is 11.1. The summed E-state index contributed by atoms with van der Waals surface area (Å²) in [5.74, 6) is -3.62. The Morgan fingerprint density at radius 1 is 1.04 bits per heavy atom. The van der Waals surface area contributed by atoms with Crippen molar-refractivity contribution < 1.29 is 43.1 Å². The summed E-state index contributed by atoms with van der Waals surface area (Å²) in [6.45, 7) is 3.22. The van der Waals surface area contributed by atoms with Crippen LogP contribution in [-0.2, 0) is 39.5 Å². The maximum absolute atomic E-state index is 14.1. The van der Waals surface area contributed by atoms with Crippen molar-refractivity contribution >= 4 is 48.5 Å². The molecule has 1 aliphatic heterocycles. The number of nitrogens with one attached hydrogen (secondary N) is 4. The monoisotopic (exact) mass is 674 g/mol. The van der Waals surface area contributed by atoms with E-state index in [1.807, 2.05) is 6.07 Å². The predicted octanol–water partition coefficient (Wildman–Crippen LogP) is 2.40. The smallest absolute Gasteiger partial charge is 0.303 e. The van der Waals surface area contributed by atoms with Crippen molar-refractivity contribution in [2.24, 2.45) is 0 Å². The van der Waals surface area contributed by atoms with Crippen LogP contribution in [0.15, 0.2) is 54.6 Å². The fourth-order valence-corrected chi connectivity index (χ4v) is 7.22. The number of non-ortho nitro benzene ring substituents is 1. The number of nitro benzene ring substituents is 1. The van der Waals surface area contributed by atoms with Gasteiger partial charge in [-0.2, -0.15) is 0 Å². The number of benzene rings is 2. The Kier molecular flexibility index (Phi) is 13.6. The van der Waals surface area contributed by atoms with Crippen molar-refractivity contribution in [2.45, 2.75) is 64.1 Å². The Balaban J connectivity index is 1.72. The zero-order valence-electron chi connectivity index (χ0n) is 26.0. The first-order chi connectivity index (χ1) is 22.3. The number of aliphatic carboxylic acids is 1. The molecule has 1 saturated heterocycles. The molecule has 1 aliphatic rings. The summed E-state index contributed by atoms with van der Waals surface area (Å²) in [4.78, 5) is 72.9. The summed E-state index contributed by atoms with van der Waals surface area (Å²) in [6.07, 6.45) is -0.276. The quantitative estimate of drug-likeness (QED) is 0.0930. The molecule has 2 aromatic carbocycles. The Bertz CT molecular complexity index is 1490. The molecule has 2 aromatic rings. The van der Waals surface area contributed by atoms with Gasteiger partial charge in [0.05, 0.1) is 24.0 Å². The van der Waals surface area contributed by atoms with Gasteiger partial charge in [-0.25, -0.2) is 4.67 Å². The molecule has 1 fully saturated rings. The Labute approximate surface area is 271 Å². The number of anilines is 1. The fraction of sp³-hybridized carbons (Fsp3) is 0.433. The first-order valence-electron chi connectivity index (χ1n) is 15.0. The fourth-order valence-electron chi connectivity index (χ4n) is 4.95. The third-order valence-electron chi connectivity index (χ3n) is 7.30. The van der Waals surface area contributed by atoms with Crippen molar-refractivity contribution in [1.82, 2.24) is 20.6 Å². The summed E-state index contributed by atoms with van der Waals surface area (Å²) in [5, 5.41) is 30.1. The SMILES string of the molecule is CCO[P@](=O)(CNC(=O)[C@H](C)NC(=O)CCC(=O)O)N1CCC[C@H]1C(=O)N[C@@H](Cc1ccccc1)C(=O)Nc1ccc([N+](=O)[O-])cc1. The second-order valence-electron chi connectivity index (χ2n) is 10.8. The van der Waals surface area contributed by atoms with Gasteiger partial charge in [0, 0.05) is 37.2 Å². The van der Waals surface area contributed by atoms with E-state index < -0.39 is 72.9 Å². The number of carboxylic acid groups (broad SMARTS) is 1. The summed E-state index contributed by atoms with van der Waals surface area (Å²) in [7, 11) is -3.84. The van der Waals surface area contributed by atoms with Crippen LogP contribution in [0.5, 0.6) is 0 Å². The largest absolute Gasteiger partial charge is 0.481 e. The van der Waals surface area contributed by atoms with Gasteiger partial charge in [-0.05, 0) is 44.4 Å². The lowest BCUT2D eigenvalue weighted by atomic mass is 10.0. The number of carbonyl (C=O) groups is 5. The van der Waals surface area contributed by atoms with E-state index in [1.165, 1.54) is 35.9 Å². The van der Waals surface area contributed by atoms with Crippen LogP contribution in [-0.4, -0.2) is 81.9 Å². The van der Waals surface area contributed by atoms with Gasteiger partial charge in [0.25, 0.3) is 13.2 Å². The van der Waals surface area contributed by atoms with Gasteiger partial charge in [-0.15, -0.1) is 0 Å². The highest BCUT2D eigenvalue weighted by Gasteiger charge is 2.44. The number of hydrogen-bond acceptors (Lipinski definition) is 9. The molecule has 0 aromatic heterocycles. The van der Waals surface area contributed by atoms with E-state index in [-0.39, 0.29) is 31.7 Å². The maximum Gasteiger partial charge on any atom is 0.303 e. The second kappa shape index (κ2) is 17.3. The van der Waals surface area contributed by atoms with E-state index in [0.717, 1.165) is 5.56 Å². The summed E-state index contributed by atoms with van der Waals surface area (Å²) >= 11 is 0. The minimum atomic E-state index is -3.84. The molecule has 16 nitrogen and oxygen atoms in total. The van der Waals surface area contributed by atoms with Crippen molar-refractivity contribution in [2.75, 3.05) is 24.8 Å². The molecule has 1 heterocycles. The van der Waals surface area contributed by atoms with Crippen LogP contribution in [0, 0.1) is 10.1 Å². The molecule has 47 heavy (non-hydrogen) atoms. The molecule has 0 aliphatic carbocycles. The van der Waals surface area contributed by atoms with E-state index in [2.05, 4.69) is 21.3 Å². The van der Waals surface area contributed by atoms with Gasteiger partial charge in [0.2, 0.25) is 23.6 Å². The van der Waals surface area contributed by atoms with E-state index in [0.29, 0.717) is 18.5 Å². The topological polar surface area (TPSA) is 226 Å². The molecule has 0 unspecified atom stereocenters. The van der Waals surface area contributed by atoms with Gasteiger partial charge in [0.1, 0.15) is 18.4 Å². The highest BCUT2D eigenvalue weighted by molar-refractivity contribution is 7.56. The molecule has 254 valence electrons. The molecule has 4 atom stereocenters. The molecular weight excluding hydrogens is 635 g/mol. The number of hydrogen-bond donors (Lipinski definition) is 5. The zero-order valence-corrected chi connectivity index (χ0v) is 26.9. The molecule has 0 bridgehead atoms. The summed E-state index contributed by atoms with van der Waals surface area (Å²) in [5.41, 5.74) is 0.898. The third kappa shape index (κ3) is 11.0. The van der Waals surface area contributed by atoms with Crippen molar-refractivity contribution in [3.63, 3.8) is 0 Å². The van der Waals surface area contributed by atoms with Crippen LogP contribution in [0.1, 0.15) is 45.1 Å². The Hall–Kier alpha value is -4.66. The van der Waals surface area contributed by atoms with Gasteiger partial charge >= 0.3 is 5.97 Å². The minimum Gasteiger partial charge on any atom is -0.481 e. The molecule has 17 heteroatoms. The minimum absolute atomic E-state index is 0.00768. The Morgan fingerprint density at radius 3 is 2.34 bits per heavy atom. The molecule has 4 amide bonds. The lowest BCUT2D eigenvalue weighted by Crippen LogP contribution is -2.51. The maximum atomic E-state index is 14.1. The number of carboxylic acids is 1. The van der Waals surface area contributed by atoms with E-state index in [4.69, 9.17) is 9.63 Å². The van der Waals surface area contributed by atoms with Crippen LogP contribution in [0.3, 0.4) is 0 Å². The van der Waals surface area contributed by atoms with Crippen molar-refractivity contribution in [1.29, 1.82) is 0 Å². The molecule has 0 spiro atoms. The number of nitro groups is 1. The van der Waals surface area contributed by atoms with E-state index >= 15 is 0 Å². The molecular formula is C30H39N6O10P. The van der Waals surface area contributed by atoms with Crippen LogP contribution >= 0.6 is 7.52 Å². The van der Waals surface area contributed by atoms with Crippen LogP contribution in [0.4, 0.5) is 11.4 Å². The number of amides is 4. The lowest BCUT2D eigenvalue weighted by molar-refractivity contribution is -0.384. The predicted molar refractivity (Wildman–Crippen MR) is 170 cm³/mol. The van der Waals surface area contributed by atoms with Gasteiger partial charge in [-0.3, -0.25) is 38.7 Å². The normalized spacial score (nSPS) is 17.0. The van der Waals surface area contributed by atoms with E-state index in [9.17, 15) is 38.7 Å².